The van der Waals surface area contributed by atoms with Crippen LogP contribution in [0.2, 0.25) is 0 Å². The molecule has 1 heterocycles. The number of thioether (sulfide) groups is 1. The molecule has 1 aromatic heterocycles. The van der Waals surface area contributed by atoms with Gasteiger partial charge < -0.3 is 5.32 Å². The molecule has 2 rings (SSSR count). The summed E-state index contributed by atoms with van der Waals surface area (Å²) in [6.45, 7) is 1.84. The fraction of sp³-hybridized carbons (Fsp3) is 0.167. The predicted molar refractivity (Wildman–Crippen MR) is 79.0 cm³/mol. The van der Waals surface area contributed by atoms with Gasteiger partial charge in [0.05, 0.1) is 5.75 Å². The second kappa shape index (κ2) is 7.01. The monoisotopic (exact) mass is 308 g/mol. The number of amides is 3. The molecule has 0 saturated heterocycles. The van der Waals surface area contributed by atoms with E-state index in [1.54, 1.807) is 24.3 Å². The number of hydrogen-bond donors (Lipinski definition) is 2. The number of nitrogens with zero attached hydrogens (tertiary/aromatic N) is 2. The molecule has 3 amide bonds. The number of aryl methyl sites for hydroxylation is 1. The van der Waals surface area contributed by atoms with Crippen LogP contribution in [0.15, 0.2) is 34.7 Å². The van der Waals surface area contributed by atoms with Crippen molar-refractivity contribution in [2.45, 2.75) is 11.3 Å². The van der Waals surface area contributed by atoms with Gasteiger partial charge in [-0.05, 0) is 19.1 Å². The SMILES string of the molecule is Cc1nnc(SCC(=O)NC(=O)Nc2ccccc2)s1. The Balaban J connectivity index is 1.75. The van der Waals surface area contributed by atoms with Crippen LogP contribution in [0.4, 0.5) is 10.5 Å². The lowest BCUT2D eigenvalue weighted by Crippen LogP contribution is -2.35. The van der Waals surface area contributed by atoms with Crippen molar-refractivity contribution in [1.82, 2.24) is 15.5 Å². The average Bonchev–Trinajstić information content (AvgIpc) is 2.83. The number of rotatable bonds is 4. The zero-order valence-corrected chi connectivity index (χ0v) is 12.3. The van der Waals surface area contributed by atoms with E-state index < -0.39 is 6.03 Å². The molecule has 0 atom stereocenters. The van der Waals surface area contributed by atoms with Gasteiger partial charge in [-0.3, -0.25) is 10.1 Å². The lowest BCUT2D eigenvalue weighted by Gasteiger charge is -2.05. The molecule has 1 aromatic carbocycles. The van der Waals surface area contributed by atoms with E-state index in [2.05, 4.69) is 20.8 Å². The summed E-state index contributed by atoms with van der Waals surface area (Å²) in [5, 5.41) is 13.4. The Kier molecular flexibility index (Phi) is 5.08. The molecule has 0 unspecified atom stereocenters. The topological polar surface area (TPSA) is 84.0 Å². The number of carbonyl (C=O) groups excluding carboxylic acids is 2. The average molecular weight is 308 g/mol. The number of nitrogens with one attached hydrogen (secondary N) is 2. The van der Waals surface area contributed by atoms with E-state index in [0.717, 1.165) is 5.01 Å². The summed E-state index contributed by atoms with van der Waals surface area (Å²) < 4.78 is 0.709. The highest BCUT2D eigenvalue weighted by molar-refractivity contribution is 8.01. The molecule has 20 heavy (non-hydrogen) atoms. The van der Waals surface area contributed by atoms with Crippen molar-refractivity contribution < 1.29 is 9.59 Å². The summed E-state index contributed by atoms with van der Waals surface area (Å²) in [6, 6.07) is 8.37. The zero-order chi connectivity index (χ0) is 14.4. The number of para-hydroxylation sites is 1. The molecule has 8 heteroatoms. The first-order valence-electron chi connectivity index (χ1n) is 5.72. The summed E-state index contributed by atoms with van der Waals surface area (Å²) >= 11 is 2.66. The maximum atomic E-state index is 11.6. The summed E-state index contributed by atoms with van der Waals surface area (Å²) in [7, 11) is 0. The number of benzene rings is 1. The smallest absolute Gasteiger partial charge is 0.308 e. The van der Waals surface area contributed by atoms with E-state index in [9.17, 15) is 9.59 Å². The van der Waals surface area contributed by atoms with Gasteiger partial charge in [0.15, 0.2) is 4.34 Å². The van der Waals surface area contributed by atoms with Crippen LogP contribution < -0.4 is 10.6 Å². The number of urea groups is 1. The normalized spacial score (nSPS) is 10.1. The maximum absolute atomic E-state index is 11.6. The van der Waals surface area contributed by atoms with Crippen LogP contribution in [-0.2, 0) is 4.79 Å². The molecule has 0 aliphatic carbocycles. The lowest BCUT2D eigenvalue weighted by molar-refractivity contribution is -0.117. The number of imide groups is 1. The van der Waals surface area contributed by atoms with Crippen LogP contribution in [0.3, 0.4) is 0 Å². The van der Waals surface area contributed by atoms with Crippen molar-refractivity contribution in [3.8, 4) is 0 Å². The van der Waals surface area contributed by atoms with Gasteiger partial charge in [-0.25, -0.2) is 4.79 Å². The minimum absolute atomic E-state index is 0.122. The number of anilines is 1. The van der Waals surface area contributed by atoms with Crippen molar-refractivity contribution in [3.63, 3.8) is 0 Å². The molecular formula is C12H12N4O2S2. The molecule has 0 aliphatic heterocycles. The quantitative estimate of drug-likeness (QED) is 0.847. The van der Waals surface area contributed by atoms with Crippen LogP contribution in [0.1, 0.15) is 5.01 Å². The first kappa shape index (κ1) is 14.5. The van der Waals surface area contributed by atoms with Crippen molar-refractivity contribution in [3.05, 3.63) is 35.3 Å². The van der Waals surface area contributed by atoms with E-state index in [0.29, 0.717) is 10.0 Å². The van der Waals surface area contributed by atoms with Crippen LogP contribution in [0.5, 0.6) is 0 Å². The standard InChI is InChI=1S/C12H12N4O2S2/c1-8-15-16-12(20-8)19-7-10(17)14-11(18)13-9-5-3-2-4-6-9/h2-6H,7H2,1H3,(H2,13,14,17,18). The van der Waals surface area contributed by atoms with E-state index in [1.807, 2.05) is 13.0 Å². The van der Waals surface area contributed by atoms with Gasteiger partial charge >= 0.3 is 6.03 Å². The molecule has 0 radical (unpaired) electrons. The Morgan fingerprint density at radius 2 is 2.00 bits per heavy atom. The highest BCUT2D eigenvalue weighted by atomic mass is 32.2. The van der Waals surface area contributed by atoms with Gasteiger partial charge in [0, 0.05) is 5.69 Å². The molecule has 6 nitrogen and oxygen atoms in total. The van der Waals surface area contributed by atoms with Crippen LogP contribution in [0.25, 0.3) is 0 Å². The highest BCUT2D eigenvalue weighted by Crippen LogP contribution is 2.21. The Hall–Kier alpha value is -1.93. The molecule has 0 bridgehead atoms. The van der Waals surface area contributed by atoms with Gasteiger partial charge in [0.1, 0.15) is 5.01 Å². The molecule has 0 spiro atoms. The van der Waals surface area contributed by atoms with Crippen molar-refractivity contribution in [1.29, 1.82) is 0 Å². The summed E-state index contributed by atoms with van der Waals surface area (Å²) in [5.41, 5.74) is 0.630. The van der Waals surface area contributed by atoms with Gasteiger partial charge in [-0.15, -0.1) is 10.2 Å². The zero-order valence-electron chi connectivity index (χ0n) is 10.6. The summed E-state index contributed by atoms with van der Waals surface area (Å²) in [4.78, 5) is 23.1. The van der Waals surface area contributed by atoms with Gasteiger partial charge in [-0.2, -0.15) is 0 Å². The van der Waals surface area contributed by atoms with Crippen molar-refractivity contribution in [2.75, 3.05) is 11.1 Å². The molecule has 104 valence electrons. The van der Waals surface area contributed by atoms with E-state index in [-0.39, 0.29) is 11.7 Å². The minimum Gasteiger partial charge on any atom is -0.308 e. The first-order valence-corrected chi connectivity index (χ1v) is 7.52. The van der Waals surface area contributed by atoms with Crippen LogP contribution in [-0.4, -0.2) is 27.9 Å². The molecule has 0 aliphatic rings. The minimum atomic E-state index is -0.546. The number of aromatic nitrogens is 2. The van der Waals surface area contributed by atoms with Crippen molar-refractivity contribution >= 4 is 40.7 Å². The van der Waals surface area contributed by atoms with Crippen molar-refractivity contribution in [2.24, 2.45) is 0 Å². The maximum Gasteiger partial charge on any atom is 0.325 e. The largest absolute Gasteiger partial charge is 0.325 e. The Labute approximate surface area is 124 Å². The molecule has 0 fully saturated rings. The third-order valence-electron chi connectivity index (χ3n) is 2.12. The van der Waals surface area contributed by atoms with Gasteiger partial charge in [-0.1, -0.05) is 41.3 Å². The molecule has 0 saturated carbocycles. The Morgan fingerprint density at radius 3 is 2.65 bits per heavy atom. The first-order chi connectivity index (χ1) is 9.63. The highest BCUT2D eigenvalue weighted by Gasteiger charge is 2.10. The van der Waals surface area contributed by atoms with E-state index >= 15 is 0 Å². The Morgan fingerprint density at radius 1 is 1.25 bits per heavy atom. The van der Waals surface area contributed by atoms with Crippen LogP contribution in [0, 0.1) is 6.92 Å². The van der Waals surface area contributed by atoms with E-state index in [1.165, 1.54) is 23.1 Å². The summed E-state index contributed by atoms with van der Waals surface area (Å²) in [5.74, 6) is -0.257. The van der Waals surface area contributed by atoms with Gasteiger partial charge in [0.2, 0.25) is 5.91 Å². The third kappa shape index (κ3) is 4.63. The fourth-order valence-corrected chi connectivity index (χ4v) is 2.93. The van der Waals surface area contributed by atoms with Crippen LogP contribution >= 0.6 is 23.1 Å². The lowest BCUT2D eigenvalue weighted by atomic mass is 10.3. The number of hydrogen-bond acceptors (Lipinski definition) is 6. The second-order valence-corrected chi connectivity index (χ2v) is 6.15. The van der Waals surface area contributed by atoms with E-state index in [4.69, 9.17) is 0 Å². The molecule has 2 aromatic rings. The second-order valence-electron chi connectivity index (χ2n) is 3.74. The Bertz CT molecular complexity index is 601. The molecular weight excluding hydrogens is 296 g/mol. The number of carbonyl (C=O) groups is 2. The predicted octanol–water partition coefficient (Wildman–Crippen LogP) is 2.29. The third-order valence-corrected chi connectivity index (χ3v) is 4.09. The molecule has 2 N–H and O–H groups in total. The fourth-order valence-electron chi connectivity index (χ4n) is 1.31. The summed E-state index contributed by atoms with van der Waals surface area (Å²) in [6.07, 6.45) is 0. The van der Waals surface area contributed by atoms with Gasteiger partial charge in [0.25, 0.3) is 0 Å².